The van der Waals surface area contributed by atoms with Crippen molar-refractivity contribution in [2.24, 2.45) is 0 Å². The predicted molar refractivity (Wildman–Crippen MR) is 53.7 cm³/mol. The Morgan fingerprint density at radius 1 is 1.40 bits per heavy atom. The second kappa shape index (κ2) is 3.12. The molecule has 0 unspecified atom stereocenters. The molecule has 1 aromatic carbocycles. The van der Waals surface area contributed by atoms with E-state index in [2.05, 4.69) is 10.9 Å². The molecule has 1 aliphatic heterocycles. The number of benzene rings is 1. The molecule has 7 heteroatoms. The standard InChI is InChI=1S/C8H8N4O3/c1-11-7-3-2-5(12(14)15)4-6(7)9-10-8(11)13/h2-4,9H,1H3,(H,10,13). The highest BCUT2D eigenvalue weighted by Gasteiger charge is 2.21. The van der Waals surface area contributed by atoms with Gasteiger partial charge in [0, 0.05) is 19.2 Å². The molecule has 0 saturated heterocycles. The number of hydrazine groups is 1. The number of nitro groups is 1. The molecule has 0 aliphatic carbocycles. The Bertz CT molecular complexity index is 446. The van der Waals surface area contributed by atoms with Crippen molar-refractivity contribution in [3.8, 4) is 0 Å². The van der Waals surface area contributed by atoms with E-state index >= 15 is 0 Å². The maximum Gasteiger partial charge on any atom is 0.340 e. The number of carbonyl (C=O) groups is 1. The molecular weight excluding hydrogens is 200 g/mol. The monoisotopic (exact) mass is 208 g/mol. The molecule has 0 aromatic heterocycles. The number of non-ortho nitro benzene ring substituents is 1. The van der Waals surface area contributed by atoms with E-state index in [1.165, 1.54) is 23.1 Å². The van der Waals surface area contributed by atoms with Gasteiger partial charge < -0.3 is 0 Å². The number of hydrogen-bond donors (Lipinski definition) is 2. The highest BCUT2D eigenvalue weighted by Crippen LogP contribution is 2.30. The predicted octanol–water partition coefficient (Wildman–Crippen LogP) is 1.08. The fourth-order valence-corrected chi connectivity index (χ4v) is 1.34. The quantitative estimate of drug-likeness (QED) is 0.534. The smallest absolute Gasteiger partial charge is 0.295 e. The Morgan fingerprint density at radius 2 is 2.13 bits per heavy atom. The van der Waals surface area contributed by atoms with Crippen LogP contribution in [0.15, 0.2) is 18.2 Å². The van der Waals surface area contributed by atoms with Gasteiger partial charge in [0.25, 0.3) is 5.69 Å². The fourth-order valence-electron chi connectivity index (χ4n) is 1.34. The van der Waals surface area contributed by atoms with Gasteiger partial charge in [-0.05, 0) is 6.07 Å². The Labute approximate surface area is 84.8 Å². The van der Waals surface area contributed by atoms with Crippen LogP contribution in [-0.2, 0) is 0 Å². The zero-order chi connectivity index (χ0) is 11.0. The second-order valence-electron chi connectivity index (χ2n) is 3.07. The van der Waals surface area contributed by atoms with Gasteiger partial charge in [-0.1, -0.05) is 0 Å². The van der Waals surface area contributed by atoms with Crippen LogP contribution in [0.3, 0.4) is 0 Å². The minimum absolute atomic E-state index is 0.0224. The molecule has 0 bridgehead atoms. The molecule has 2 rings (SSSR count). The third kappa shape index (κ3) is 1.43. The van der Waals surface area contributed by atoms with E-state index in [4.69, 9.17) is 0 Å². The van der Waals surface area contributed by atoms with Crippen LogP contribution in [0.1, 0.15) is 0 Å². The fraction of sp³-hybridized carbons (Fsp3) is 0.125. The van der Waals surface area contributed by atoms with Gasteiger partial charge in [0.05, 0.1) is 16.3 Å². The van der Waals surface area contributed by atoms with E-state index in [1.807, 2.05) is 0 Å². The van der Waals surface area contributed by atoms with E-state index in [0.717, 1.165) is 0 Å². The number of nitrogens with zero attached hydrogens (tertiary/aromatic N) is 2. The Balaban J connectivity index is 2.47. The Hall–Kier alpha value is -2.31. The van der Waals surface area contributed by atoms with Crippen LogP contribution in [0.4, 0.5) is 21.9 Å². The summed E-state index contributed by atoms with van der Waals surface area (Å²) in [5, 5.41) is 10.5. The van der Waals surface area contributed by atoms with Crippen molar-refractivity contribution in [3.63, 3.8) is 0 Å². The van der Waals surface area contributed by atoms with Crippen molar-refractivity contribution >= 4 is 23.1 Å². The lowest BCUT2D eigenvalue weighted by Crippen LogP contribution is -2.44. The van der Waals surface area contributed by atoms with Gasteiger partial charge in [-0.2, -0.15) is 0 Å². The van der Waals surface area contributed by atoms with Crippen LogP contribution < -0.4 is 15.8 Å². The lowest BCUT2D eigenvalue weighted by molar-refractivity contribution is -0.384. The number of nitrogens with one attached hydrogen (secondary N) is 2. The van der Waals surface area contributed by atoms with Gasteiger partial charge in [-0.3, -0.25) is 25.9 Å². The van der Waals surface area contributed by atoms with E-state index in [0.29, 0.717) is 11.4 Å². The number of urea groups is 1. The first-order valence-electron chi connectivity index (χ1n) is 4.18. The van der Waals surface area contributed by atoms with Crippen molar-refractivity contribution in [2.75, 3.05) is 17.4 Å². The number of carbonyl (C=O) groups excluding carboxylic acids is 1. The molecule has 7 nitrogen and oxygen atoms in total. The van der Waals surface area contributed by atoms with Gasteiger partial charge >= 0.3 is 6.03 Å². The van der Waals surface area contributed by atoms with Crippen molar-refractivity contribution in [1.82, 2.24) is 5.43 Å². The van der Waals surface area contributed by atoms with Gasteiger partial charge in [-0.25, -0.2) is 4.79 Å². The summed E-state index contributed by atoms with van der Waals surface area (Å²) >= 11 is 0. The molecule has 0 saturated carbocycles. The lowest BCUT2D eigenvalue weighted by atomic mass is 10.2. The van der Waals surface area contributed by atoms with Crippen LogP contribution >= 0.6 is 0 Å². The third-order valence-electron chi connectivity index (χ3n) is 2.16. The minimum atomic E-state index is -0.488. The average Bonchev–Trinajstić information content (AvgIpc) is 2.23. The molecule has 1 aromatic rings. The molecular formula is C8H8N4O3. The number of nitro benzene ring substituents is 1. The minimum Gasteiger partial charge on any atom is -0.295 e. The van der Waals surface area contributed by atoms with Crippen molar-refractivity contribution < 1.29 is 9.72 Å². The second-order valence-corrected chi connectivity index (χ2v) is 3.07. The SMILES string of the molecule is CN1C(=O)NNc2cc([N+](=O)[O-])ccc21. The van der Waals surface area contributed by atoms with E-state index in [9.17, 15) is 14.9 Å². The van der Waals surface area contributed by atoms with Gasteiger partial charge in [0.2, 0.25) is 0 Å². The molecule has 78 valence electrons. The van der Waals surface area contributed by atoms with Gasteiger partial charge in [0.15, 0.2) is 0 Å². The average molecular weight is 208 g/mol. The number of hydrogen-bond acceptors (Lipinski definition) is 4. The van der Waals surface area contributed by atoms with E-state index in [1.54, 1.807) is 7.05 Å². The Morgan fingerprint density at radius 3 is 2.80 bits per heavy atom. The van der Waals surface area contributed by atoms with Gasteiger partial charge in [-0.15, -0.1) is 0 Å². The van der Waals surface area contributed by atoms with Crippen molar-refractivity contribution in [2.45, 2.75) is 0 Å². The summed E-state index contributed by atoms with van der Waals surface area (Å²) in [6.07, 6.45) is 0. The topological polar surface area (TPSA) is 87.5 Å². The lowest BCUT2D eigenvalue weighted by Gasteiger charge is -2.26. The van der Waals surface area contributed by atoms with Crippen LogP contribution in [-0.4, -0.2) is 18.0 Å². The maximum absolute atomic E-state index is 11.2. The summed E-state index contributed by atoms with van der Waals surface area (Å²) in [6, 6.07) is 3.94. The van der Waals surface area contributed by atoms with E-state index in [-0.39, 0.29) is 11.7 Å². The summed E-state index contributed by atoms with van der Waals surface area (Å²) in [4.78, 5) is 22.6. The summed E-state index contributed by atoms with van der Waals surface area (Å²) < 4.78 is 0. The number of fused-ring (bicyclic) bond motifs is 1. The molecule has 2 N–H and O–H groups in total. The first-order valence-corrected chi connectivity index (χ1v) is 4.18. The van der Waals surface area contributed by atoms with E-state index < -0.39 is 4.92 Å². The number of amides is 2. The van der Waals surface area contributed by atoms with Crippen molar-refractivity contribution in [3.05, 3.63) is 28.3 Å². The first-order chi connectivity index (χ1) is 7.09. The molecule has 0 radical (unpaired) electrons. The zero-order valence-corrected chi connectivity index (χ0v) is 7.85. The largest absolute Gasteiger partial charge is 0.340 e. The molecule has 2 amide bonds. The van der Waals surface area contributed by atoms with Crippen LogP contribution in [0, 0.1) is 10.1 Å². The molecule has 0 fully saturated rings. The number of rotatable bonds is 1. The summed E-state index contributed by atoms with van der Waals surface area (Å²) in [7, 11) is 1.58. The van der Waals surface area contributed by atoms with Crippen molar-refractivity contribution in [1.29, 1.82) is 0 Å². The summed E-state index contributed by atoms with van der Waals surface area (Å²) in [5.41, 5.74) is 6.05. The first kappa shape index (κ1) is 9.25. The van der Waals surface area contributed by atoms with Crippen LogP contribution in [0.25, 0.3) is 0 Å². The third-order valence-corrected chi connectivity index (χ3v) is 2.16. The zero-order valence-electron chi connectivity index (χ0n) is 7.85. The van der Waals surface area contributed by atoms with Crippen LogP contribution in [0.2, 0.25) is 0 Å². The van der Waals surface area contributed by atoms with Crippen LogP contribution in [0.5, 0.6) is 0 Å². The highest BCUT2D eigenvalue weighted by atomic mass is 16.6. The summed E-state index contributed by atoms with van der Waals surface area (Å²) in [5.74, 6) is 0. The maximum atomic E-state index is 11.2. The molecule has 15 heavy (non-hydrogen) atoms. The normalized spacial score (nSPS) is 13.9. The Kier molecular flexibility index (Phi) is 1.93. The number of anilines is 2. The molecule has 0 atom stereocenters. The summed E-state index contributed by atoms with van der Waals surface area (Å²) in [6.45, 7) is 0. The molecule has 1 aliphatic rings. The molecule has 1 heterocycles. The van der Waals surface area contributed by atoms with Gasteiger partial charge in [0.1, 0.15) is 0 Å². The molecule has 0 spiro atoms. The highest BCUT2D eigenvalue weighted by molar-refractivity contribution is 5.99.